The average Bonchev–Trinajstić information content (AvgIpc) is 2.65. The van der Waals surface area contributed by atoms with Crippen LogP contribution in [0.15, 0.2) is 36.7 Å². The molecule has 0 unspecified atom stereocenters. The molecule has 2 heteroatoms. The van der Waals surface area contributed by atoms with Crippen molar-refractivity contribution in [2.75, 3.05) is 0 Å². The van der Waals surface area contributed by atoms with Gasteiger partial charge in [-0.25, -0.2) is 0 Å². The number of hydrogen-bond acceptors (Lipinski definition) is 1. The maximum atomic E-state index is 4.29. The molecule has 0 spiro atoms. The lowest BCUT2D eigenvalue weighted by Crippen LogP contribution is -2.00. The van der Waals surface area contributed by atoms with Gasteiger partial charge in [-0.15, -0.1) is 0 Å². The van der Waals surface area contributed by atoms with Gasteiger partial charge < -0.3 is 0 Å². The van der Waals surface area contributed by atoms with Gasteiger partial charge in [0.05, 0.1) is 12.7 Å². The Morgan fingerprint density at radius 2 is 1.88 bits per heavy atom. The van der Waals surface area contributed by atoms with Gasteiger partial charge in [0.2, 0.25) is 0 Å². The van der Waals surface area contributed by atoms with Gasteiger partial charge >= 0.3 is 0 Å². The van der Waals surface area contributed by atoms with Crippen LogP contribution in [0.1, 0.15) is 36.5 Å². The topological polar surface area (TPSA) is 17.8 Å². The lowest BCUT2D eigenvalue weighted by atomic mass is 10.0. The predicted molar refractivity (Wildman–Crippen MR) is 66.6 cm³/mol. The number of rotatable bonds is 3. The highest BCUT2D eigenvalue weighted by Crippen LogP contribution is 2.15. The molecule has 0 aliphatic heterocycles. The van der Waals surface area contributed by atoms with Crippen LogP contribution in [0.3, 0.4) is 0 Å². The van der Waals surface area contributed by atoms with Crippen LogP contribution in [0.5, 0.6) is 0 Å². The minimum atomic E-state index is 0.598. The molecule has 0 saturated carbocycles. The van der Waals surface area contributed by atoms with E-state index in [-0.39, 0.29) is 0 Å². The van der Waals surface area contributed by atoms with E-state index in [2.05, 4.69) is 56.3 Å². The molecule has 1 aromatic heterocycles. The Morgan fingerprint density at radius 3 is 2.38 bits per heavy atom. The number of aromatic nitrogens is 2. The number of nitrogens with zero attached hydrogens (tertiary/aromatic N) is 2. The standard InChI is InChI=1S/C14H18N2/c1-11(2)14-6-4-13(5-7-14)10-16-9-12(3)8-15-16/h4-9,11H,10H2,1-3H3. The first-order valence-corrected chi connectivity index (χ1v) is 5.73. The summed E-state index contributed by atoms with van der Waals surface area (Å²) in [6.07, 6.45) is 3.96. The largest absolute Gasteiger partial charge is 0.268 e. The van der Waals surface area contributed by atoms with E-state index in [0.29, 0.717) is 5.92 Å². The SMILES string of the molecule is Cc1cnn(Cc2ccc(C(C)C)cc2)c1. The quantitative estimate of drug-likeness (QED) is 0.766. The highest BCUT2D eigenvalue weighted by molar-refractivity contribution is 5.24. The zero-order chi connectivity index (χ0) is 11.5. The van der Waals surface area contributed by atoms with Gasteiger partial charge in [0.1, 0.15) is 0 Å². The lowest BCUT2D eigenvalue weighted by molar-refractivity contribution is 0.686. The summed E-state index contributed by atoms with van der Waals surface area (Å²) < 4.78 is 1.97. The Hall–Kier alpha value is -1.57. The van der Waals surface area contributed by atoms with E-state index in [1.54, 1.807) is 0 Å². The second-order valence-electron chi connectivity index (χ2n) is 4.61. The fraction of sp³-hybridized carbons (Fsp3) is 0.357. The Bertz CT molecular complexity index is 452. The van der Waals surface area contributed by atoms with Gasteiger partial charge in [-0.3, -0.25) is 4.68 Å². The van der Waals surface area contributed by atoms with Crippen LogP contribution in [-0.4, -0.2) is 9.78 Å². The molecular formula is C14H18N2. The van der Waals surface area contributed by atoms with Crippen LogP contribution in [0.2, 0.25) is 0 Å². The van der Waals surface area contributed by atoms with Crippen LogP contribution in [-0.2, 0) is 6.54 Å². The average molecular weight is 214 g/mol. The molecule has 1 aromatic carbocycles. The maximum Gasteiger partial charge on any atom is 0.0659 e. The first-order chi connectivity index (χ1) is 7.65. The van der Waals surface area contributed by atoms with E-state index in [9.17, 15) is 0 Å². The summed E-state index contributed by atoms with van der Waals surface area (Å²) in [6.45, 7) is 7.34. The fourth-order valence-electron chi connectivity index (χ4n) is 1.75. The van der Waals surface area contributed by atoms with Crippen molar-refractivity contribution >= 4 is 0 Å². The molecule has 0 saturated heterocycles. The molecule has 16 heavy (non-hydrogen) atoms. The first kappa shape index (κ1) is 10.9. The molecule has 0 bridgehead atoms. The minimum Gasteiger partial charge on any atom is -0.268 e. The summed E-state index contributed by atoms with van der Waals surface area (Å²) >= 11 is 0. The molecule has 84 valence electrons. The zero-order valence-corrected chi connectivity index (χ0v) is 10.1. The predicted octanol–water partition coefficient (Wildman–Crippen LogP) is 3.36. The summed E-state index contributed by atoms with van der Waals surface area (Å²) in [5.74, 6) is 0.598. The van der Waals surface area contributed by atoms with Crippen molar-refractivity contribution in [1.29, 1.82) is 0 Å². The second-order valence-corrected chi connectivity index (χ2v) is 4.61. The molecule has 0 aliphatic carbocycles. The van der Waals surface area contributed by atoms with Crippen molar-refractivity contribution in [1.82, 2.24) is 9.78 Å². The van der Waals surface area contributed by atoms with E-state index in [4.69, 9.17) is 0 Å². The third-order valence-corrected chi connectivity index (χ3v) is 2.75. The van der Waals surface area contributed by atoms with Crippen molar-refractivity contribution in [2.24, 2.45) is 0 Å². The van der Waals surface area contributed by atoms with Crippen LogP contribution >= 0.6 is 0 Å². The van der Waals surface area contributed by atoms with E-state index < -0.39 is 0 Å². The lowest BCUT2D eigenvalue weighted by Gasteiger charge is -2.07. The molecule has 0 aliphatic rings. The van der Waals surface area contributed by atoms with Gasteiger partial charge in [-0.1, -0.05) is 38.1 Å². The number of hydrogen-bond donors (Lipinski definition) is 0. The van der Waals surface area contributed by atoms with E-state index in [0.717, 1.165) is 6.54 Å². The summed E-state index contributed by atoms with van der Waals surface area (Å²) in [7, 11) is 0. The summed E-state index contributed by atoms with van der Waals surface area (Å²) in [6, 6.07) is 8.78. The minimum absolute atomic E-state index is 0.598. The third kappa shape index (κ3) is 2.51. The number of aryl methyl sites for hydroxylation is 1. The molecule has 0 N–H and O–H groups in total. The Labute approximate surface area is 96.9 Å². The van der Waals surface area contributed by atoms with Gasteiger partial charge in [0.25, 0.3) is 0 Å². The van der Waals surface area contributed by atoms with Crippen LogP contribution in [0.25, 0.3) is 0 Å². The van der Waals surface area contributed by atoms with Gasteiger partial charge in [0.15, 0.2) is 0 Å². The highest BCUT2D eigenvalue weighted by atomic mass is 15.3. The van der Waals surface area contributed by atoms with Gasteiger partial charge in [-0.05, 0) is 29.5 Å². The molecule has 2 nitrogen and oxygen atoms in total. The monoisotopic (exact) mass is 214 g/mol. The van der Waals surface area contributed by atoms with Crippen molar-refractivity contribution in [2.45, 2.75) is 33.2 Å². The van der Waals surface area contributed by atoms with Gasteiger partial charge in [-0.2, -0.15) is 5.10 Å². The first-order valence-electron chi connectivity index (χ1n) is 5.73. The van der Waals surface area contributed by atoms with E-state index >= 15 is 0 Å². The number of benzene rings is 1. The van der Waals surface area contributed by atoms with Crippen LogP contribution in [0, 0.1) is 6.92 Å². The maximum absolute atomic E-state index is 4.29. The normalized spacial score (nSPS) is 11.0. The molecule has 0 radical (unpaired) electrons. The molecule has 0 atom stereocenters. The summed E-state index contributed by atoms with van der Waals surface area (Å²) in [4.78, 5) is 0. The van der Waals surface area contributed by atoms with Crippen molar-refractivity contribution in [3.05, 3.63) is 53.3 Å². The Balaban J connectivity index is 2.11. The van der Waals surface area contributed by atoms with E-state index in [1.807, 2.05) is 10.9 Å². The molecule has 2 rings (SSSR count). The highest BCUT2D eigenvalue weighted by Gasteiger charge is 2.00. The van der Waals surface area contributed by atoms with Crippen molar-refractivity contribution < 1.29 is 0 Å². The Morgan fingerprint density at radius 1 is 1.19 bits per heavy atom. The van der Waals surface area contributed by atoms with Crippen molar-refractivity contribution in [3.63, 3.8) is 0 Å². The Kier molecular flexibility index (Phi) is 3.09. The second kappa shape index (κ2) is 4.52. The van der Waals surface area contributed by atoms with Crippen LogP contribution < -0.4 is 0 Å². The molecular weight excluding hydrogens is 196 g/mol. The van der Waals surface area contributed by atoms with Gasteiger partial charge in [0, 0.05) is 6.20 Å². The molecule has 2 aromatic rings. The zero-order valence-electron chi connectivity index (χ0n) is 10.1. The van der Waals surface area contributed by atoms with Crippen LogP contribution in [0.4, 0.5) is 0 Å². The third-order valence-electron chi connectivity index (χ3n) is 2.75. The fourth-order valence-corrected chi connectivity index (χ4v) is 1.75. The molecule has 0 amide bonds. The summed E-state index contributed by atoms with van der Waals surface area (Å²) in [5.41, 5.74) is 3.90. The smallest absolute Gasteiger partial charge is 0.0659 e. The van der Waals surface area contributed by atoms with Crippen molar-refractivity contribution in [3.8, 4) is 0 Å². The summed E-state index contributed by atoms with van der Waals surface area (Å²) in [5, 5.41) is 4.29. The van der Waals surface area contributed by atoms with E-state index in [1.165, 1.54) is 16.7 Å². The molecule has 0 fully saturated rings. The molecule has 1 heterocycles.